The second kappa shape index (κ2) is 3.69. The minimum Gasteiger partial charge on any atom is -0.298 e. The molecule has 0 saturated heterocycles. The largest absolute Gasteiger partial charge is 0.298 e. The Bertz CT molecular complexity index is 664. The van der Waals surface area contributed by atoms with E-state index in [1.807, 2.05) is 32.9 Å². The Hall–Kier alpha value is -1.16. The summed E-state index contributed by atoms with van der Waals surface area (Å²) in [6.45, 7) is 5.59. The number of rotatable bonds is 2. The predicted molar refractivity (Wildman–Crippen MR) is 72.9 cm³/mol. The molecule has 2 aliphatic rings. The van der Waals surface area contributed by atoms with E-state index in [1.165, 1.54) is 0 Å². The van der Waals surface area contributed by atoms with Gasteiger partial charge < -0.3 is 0 Å². The SMILES string of the molecule is Cc1cc(C)c(S(=O)(=O)[C@]23C[C@H]2CCC3=O)c(C)c1. The Morgan fingerprint density at radius 2 is 1.74 bits per heavy atom. The van der Waals surface area contributed by atoms with E-state index in [0.717, 1.165) is 23.1 Å². The molecule has 2 fully saturated rings. The summed E-state index contributed by atoms with van der Waals surface area (Å²) in [6.07, 6.45) is 1.69. The number of Topliss-reactive ketones (excluding diaryl/α,β-unsaturated/α-hetero) is 1. The molecule has 102 valence electrons. The molecule has 0 spiro atoms. The lowest BCUT2D eigenvalue weighted by Crippen LogP contribution is -2.32. The molecule has 0 N–H and O–H groups in total. The summed E-state index contributed by atoms with van der Waals surface area (Å²) in [7, 11) is -3.54. The van der Waals surface area contributed by atoms with Crippen molar-refractivity contribution in [3.05, 3.63) is 28.8 Å². The third-order valence-electron chi connectivity index (χ3n) is 4.59. The molecule has 0 bridgehead atoms. The number of hydrogen-bond acceptors (Lipinski definition) is 3. The van der Waals surface area contributed by atoms with Crippen LogP contribution in [0.2, 0.25) is 0 Å². The maximum atomic E-state index is 12.9. The van der Waals surface area contributed by atoms with Gasteiger partial charge in [-0.1, -0.05) is 17.7 Å². The van der Waals surface area contributed by atoms with Gasteiger partial charge in [0, 0.05) is 6.42 Å². The highest BCUT2D eigenvalue weighted by Crippen LogP contribution is 2.60. The average molecular weight is 278 g/mol. The lowest BCUT2D eigenvalue weighted by atomic mass is 10.1. The van der Waals surface area contributed by atoms with Crippen molar-refractivity contribution in [2.24, 2.45) is 5.92 Å². The lowest BCUT2D eigenvalue weighted by Gasteiger charge is -2.17. The van der Waals surface area contributed by atoms with Crippen molar-refractivity contribution in [2.75, 3.05) is 0 Å². The Labute approximate surface area is 113 Å². The molecule has 0 aliphatic heterocycles. The van der Waals surface area contributed by atoms with Gasteiger partial charge in [-0.3, -0.25) is 4.79 Å². The molecule has 2 aliphatic carbocycles. The molecule has 0 radical (unpaired) electrons. The average Bonchev–Trinajstić information content (AvgIpc) is 2.92. The molecule has 0 amide bonds. The molecular weight excluding hydrogens is 260 g/mol. The number of carbonyl (C=O) groups is 1. The monoisotopic (exact) mass is 278 g/mol. The van der Waals surface area contributed by atoms with Crippen molar-refractivity contribution in [3.8, 4) is 0 Å². The van der Waals surface area contributed by atoms with Crippen LogP contribution in [0, 0.1) is 26.7 Å². The molecule has 0 aromatic heterocycles. The highest BCUT2D eigenvalue weighted by Gasteiger charge is 2.71. The van der Waals surface area contributed by atoms with Crippen LogP contribution in [0.1, 0.15) is 36.0 Å². The first-order valence-electron chi connectivity index (χ1n) is 6.66. The molecular formula is C15H18O3S. The third kappa shape index (κ3) is 1.49. The summed E-state index contributed by atoms with van der Waals surface area (Å²) in [5, 5.41) is 0. The van der Waals surface area contributed by atoms with Crippen LogP contribution < -0.4 is 0 Å². The standard InChI is InChI=1S/C15H18O3S/c1-9-6-10(2)14(11(3)7-9)19(17,18)15-8-12(15)4-5-13(15)16/h6-7,12H,4-5,8H2,1-3H3/t12-,15-/m1/s1. The maximum absolute atomic E-state index is 12.9. The molecule has 0 unspecified atom stereocenters. The second-order valence-corrected chi connectivity index (χ2v) is 8.13. The highest BCUT2D eigenvalue weighted by molar-refractivity contribution is 7.94. The van der Waals surface area contributed by atoms with Gasteiger partial charge >= 0.3 is 0 Å². The number of sulfone groups is 1. The van der Waals surface area contributed by atoms with Gasteiger partial charge in [-0.25, -0.2) is 8.42 Å². The molecule has 0 heterocycles. The van der Waals surface area contributed by atoms with Gasteiger partial charge in [-0.05, 0) is 50.7 Å². The summed E-state index contributed by atoms with van der Waals surface area (Å²) in [6, 6.07) is 3.76. The first kappa shape index (κ1) is 12.9. The van der Waals surface area contributed by atoms with Gasteiger partial charge in [0.1, 0.15) is 4.75 Å². The Kier molecular flexibility index (Phi) is 2.50. The molecule has 2 atom stereocenters. The smallest absolute Gasteiger partial charge is 0.191 e. The van der Waals surface area contributed by atoms with Gasteiger partial charge in [0.2, 0.25) is 0 Å². The summed E-state index contributed by atoms with van der Waals surface area (Å²) in [5.41, 5.74) is 2.57. The summed E-state index contributed by atoms with van der Waals surface area (Å²) in [5.74, 6) is -0.0121. The van der Waals surface area contributed by atoms with Gasteiger partial charge in [0.05, 0.1) is 4.90 Å². The van der Waals surface area contributed by atoms with Gasteiger partial charge in [0.25, 0.3) is 0 Å². The van der Waals surface area contributed by atoms with Crippen molar-refractivity contribution in [3.63, 3.8) is 0 Å². The van der Waals surface area contributed by atoms with Crippen LogP contribution >= 0.6 is 0 Å². The fourth-order valence-corrected chi connectivity index (χ4v) is 6.46. The highest BCUT2D eigenvalue weighted by atomic mass is 32.2. The fraction of sp³-hybridized carbons (Fsp3) is 0.533. The van der Waals surface area contributed by atoms with E-state index >= 15 is 0 Å². The maximum Gasteiger partial charge on any atom is 0.191 e. The molecule has 19 heavy (non-hydrogen) atoms. The Morgan fingerprint density at radius 3 is 2.16 bits per heavy atom. The minimum atomic E-state index is -3.54. The first-order chi connectivity index (χ1) is 8.80. The number of fused-ring (bicyclic) bond motifs is 1. The van der Waals surface area contributed by atoms with E-state index in [-0.39, 0.29) is 11.7 Å². The molecule has 3 rings (SSSR count). The van der Waals surface area contributed by atoms with Crippen molar-refractivity contribution in [1.82, 2.24) is 0 Å². The number of hydrogen-bond donors (Lipinski definition) is 0. The summed E-state index contributed by atoms with van der Waals surface area (Å²) in [4.78, 5) is 12.5. The van der Waals surface area contributed by atoms with E-state index in [1.54, 1.807) is 0 Å². The van der Waals surface area contributed by atoms with E-state index in [9.17, 15) is 13.2 Å². The molecule has 4 heteroatoms. The van der Waals surface area contributed by atoms with Crippen LogP contribution in [0.15, 0.2) is 17.0 Å². The third-order valence-corrected chi connectivity index (χ3v) is 7.46. The van der Waals surface area contributed by atoms with E-state index < -0.39 is 14.6 Å². The van der Waals surface area contributed by atoms with Crippen LogP contribution in [0.25, 0.3) is 0 Å². The summed E-state index contributed by atoms with van der Waals surface area (Å²) >= 11 is 0. The number of ketones is 1. The molecule has 2 saturated carbocycles. The molecule has 1 aromatic rings. The molecule has 1 aromatic carbocycles. The van der Waals surface area contributed by atoms with Crippen LogP contribution in [-0.2, 0) is 14.6 Å². The van der Waals surface area contributed by atoms with Crippen LogP contribution in [0.4, 0.5) is 0 Å². The Morgan fingerprint density at radius 1 is 1.16 bits per heavy atom. The Balaban J connectivity index is 2.21. The van der Waals surface area contributed by atoms with Crippen LogP contribution in [0.5, 0.6) is 0 Å². The van der Waals surface area contributed by atoms with Crippen molar-refractivity contribution >= 4 is 15.6 Å². The predicted octanol–water partition coefficient (Wildman–Crippen LogP) is 2.51. The fourth-order valence-electron chi connectivity index (χ4n) is 3.75. The minimum absolute atomic E-state index is 0.0603. The quantitative estimate of drug-likeness (QED) is 0.835. The van der Waals surface area contributed by atoms with Gasteiger partial charge in [0.15, 0.2) is 15.6 Å². The zero-order valence-corrected chi connectivity index (χ0v) is 12.3. The number of aryl methyl sites for hydroxylation is 3. The van der Waals surface area contributed by atoms with Crippen LogP contribution in [0.3, 0.4) is 0 Å². The second-order valence-electron chi connectivity index (χ2n) is 5.98. The van der Waals surface area contributed by atoms with Gasteiger partial charge in [-0.2, -0.15) is 0 Å². The summed E-state index contributed by atoms with van der Waals surface area (Å²) < 4.78 is 24.8. The van der Waals surface area contributed by atoms with E-state index in [2.05, 4.69) is 0 Å². The lowest BCUT2D eigenvalue weighted by molar-refractivity contribution is -0.118. The van der Waals surface area contributed by atoms with Crippen molar-refractivity contribution in [1.29, 1.82) is 0 Å². The van der Waals surface area contributed by atoms with Gasteiger partial charge in [-0.15, -0.1) is 0 Å². The topological polar surface area (TPSA) is 51.2 Å². The van der Waals surface area contributed by atoms with Crippen molar-refractivity contribution in [2.45, 2.75) is 49.7 Å². The normalized spacial score (nSPS) is 29.4. The number of carbonyl (C=O) groups excluding carboxylic acids is 1. The van der Waals surface area contributed by atoms with Crippen LogP contribution in [-0.4, -0.2) is 18.9 Å². The zero-order valence-electron chi connectivity index (χ0n) is 11.5. The number of benzene rings is 1. The van der Waals surface area contributed by atoms with E-state index in [0.29, 0.717) is 17.7 Å². The van der Waals surface area contributed by atoms with Crippen molar-refractivity contribution < 1.29 is 13.2 Å². The zero-order chi connectivity index (χ0) is 14.0. The molecule has 3 nitrogen and oxygen atoms in total. The first-order valence-corrected chi connectivity index (χ1v) is 8.15. The van der Waals surface area contributed by atoms with E-state index in [4.69, 9.17) is 0 Å².